The van der Waals surface area contributed by atoms with Gasteiger partial charge in [0.15, 0.2) is 5.17 Å². The van der Waals surface area contributed by atoms with Crippen molar-refractivity contribution in [1.29, 1.82) is 0 Å². The minimum Gasteiger partial charge on any atom is -0.457 e. The molecule has 2 aromatic carbocycles. The lowest BCUT2D eigenvalue weighted by molar-refractivity contribution is -0.121. The summed E-state index contributed by atoms with van der Waals surface area (Å²) in [5, 5.41) is 4.05. The van der Waals surface area contributed by atoms with E-state index in [1.54, 1.807) is 31.3 Å². The first-order valence-electron chi connectivity index (χ1n) is 9.80. The number of amidine groups is 1. The van der Waals surface area contributed by atoms with E-state index < -0.39 is 0 Å². The van der Waals surface area contributed by atoms with Gasteiger partial charge in [-0.1, -0.05) is 53.5 Å². The number of carbonyl (C=O) groups is 1. The van der Waals surface area contributed by atoms with E-state index in [1.165, 1.54) is 28.0 Å². The maximum absolute atomic E-state index is 12.8. The number of thiazole rings is 1. The Morgan fingerprint density at radius 2 is 1.85 bits per heavy atom. The molecule has 0 radical (unpaired) electrons. The maximum Gasteiger partial charge on any atom is 0.266 e. The van der Waals surface area contributed by atoms with E-state index in [1.807, 2.05) is 47.8 Å². The van der Waals surface area contributed by atoms with Crippen LogP contribution in [-0.2, 0) is 4.79 Å². The van der Waals surface area contributed by atoms with Crippen LogP contribution >= 0.6 is 46.3 Å². The van der Waals surface area contributed by atoms with E-state index in [0.717, 1.165) is 16.8 Å². The Bertz CT molecular complexity index is 1410. The van der Waals surface area contributed by atoms with Crippen LogP contribution in [0.3, 0.4) is 0 Å². The van der Waals surface area contributed by atoms with Crippen LogP contribution in [-0.4, -0.2) is 28.0 Å². The molecule has 1 fully saturated rings. The molecule has 1 amide bonds. The number of rotatable bonds is 4. The van der Waals surface area contributed by atoms with Gasteiger partial charge >= 0.3 is 0 Å². The molecule has 0 unspecified atom stereocenters. The number of halogens is 2. The first-order chi connectivity index (χ1) is 16.0. The standard InChI is InChI=1S/C24H15Cl2N3O2S2/c1-29-22(30)21(12-16-8-10-20(31-16)15-7-9-17(25)18(26)11-15)33-24(29)28-23-27-19(13-32-23)14-5-3-2-4-6-14/h2-13H,1H3/b21-12+,28-24+. The van der Waals surface area contributed by atoms with Crippen LogP contribution in [0.4, 0.5) is 5.13 Å². The van der Waals surface area contributed by atoms with E-state index in [9.17, 15) is 4.79 Å². The highest BCUT2D eigenvalue weighted by Gasteiger charge is 2.31. The zero-order valence-electron chi connectivity index (χ0n) is 17.2. The van der Waals surface area contributed by atoms with Crippen molar-refractivity contribution in [3.8, 4) is 22.6 Å². The molecule has 0 N–H and O–H groups in total. The van der Waals surface area contributed by atoms with Gasteiger partial charge in [-0.2, -0.15) is 4.99 Å². The summed E-state index contributed by atoms with van der Waals surface area (Å²) in [5.74, 6) is 1.04. The Morgan fingerprint density at radius 3 is 2.64 bits per heavy atom. The Hall–Kier alpha value is -2.84. The predicted molar refractivity (Wildman–Crippen MR) is 137 cm³/mol. The Morgan fingerprint density at radius 1 is 1.03 bits per heavy atom. The number of aliphatic imine (C=N–C) groups is 1. The summed E-state index contributed by atoms with van der Waals surface area (Å²) in [6, 6.07) is 18.8. The van der Waals surface area contributed by atoms with E-state index in [4.69, 9.17) is 27.6 Å². The summed E-state index contributed by atoms with van der Waals surface area (Å²) < 4.78 is 5.90. The van der Waals surface area contributed by atoms with Gasteiger partial charge in [0.1, 0.15) is 11.5 Å². The molecule has 0 bridgehead atoms. The van der Waals surface area contributed by atoms with Gasteiger partial charge in [-0.15, -0.1) is 11.3 Å². The molecule has 1 aliphatic heterocycles. The van der Waals surface area contributed by atoms with Crippen molar-refractivity contribution in [1.82, 2.24) is 9.88 Å². The van der Waals surface area contributed by atoms with Crippen molar-refractivity contribution >= 4 is 68.6 Å². The number of likely N-dealkylation sites (N-methyl/N-ethyl adjacent to an activating group) is 1. The van der Waals surface area contributed by atoms with Crippen molar-refractivity contribution in [3.05, 3.63) is 86.8 Å². The fourth-order valence-electron chi connectivity index (χ4n) is 3.15. The molecule has 1 aliphatic rings. The van der Waals surface area contributed by atoms with Gasteiger partial charge in [0, 0.05) is 29.6 Å². The molecule has 0 aliphatic carbocycles. The molecule has 0 spiro atoms. The summed E-state index contributed by atoms with van der Waals surface area (Å²) >= 11 is 14.8. The average molecular weight is 512 g/mol. The molecule has 164 valence electrons. The highest BCUT2D eigenvalue weighted by Crippen LogP contribution is 2.36. The van der Waals surface area contributed by atoms with Crippen molar-refractivity contribution in [2.24, 2.45) is 4.99 Å². The van der Waals surface area contributed by atoms with Gasteiger partial charge in [0.2, 0.25) is 5.13 Å². The number of thioether (sulfide) groups is 1. The topological polar surface area (TPSA) is 58.7 Å². The van der Waals surface area contributed by atoms with Crippen LogP contribution in [0.2, 0.25) is 10.0 Å². The number of benzene rings is 2. The summed E-state index contributed by atoms with van der Waals surface area (Å²) in [7, 11) is 1.70. The lowest BCUT2D eigenvalue weighted by atomic mass is 10.2. The lowest BCUT2D eigenvalue weighted by Crippen LogP contribution is -2.23. The van der Waals surface area contributed by atoms with Gasteiger partial charge in [0.05, 0.1) is 20.6 Å². The third kappa shape index (κ3) is 4.63. The number of furan rings is 1. The van der Waals surface area contributed by atoms with E-state index in [0.29, 0.717) is 36.8 Å². The van der Waals surface area contributed by atoms with Crippen LogP contribution in [0.25, 0.3) is 28.7 Å². The third-order valence-electron chi connectivity index (χ3n) is 4.86. The summed E-state index contributed by atoms with van der Waals surface area (Å²) in [5.41, 5.74) is 2.69. The molecule has 5 rings (SSSR count). The number of aromatic nitrogens is 1. The van der Waals surface area contributed by atoms with Crippen molar-refractivity contribution in [3.63, 3.8) is 0 Å². The molecular weight excluding hydrogens is 497 g/mol. The van der Waals surface area contributed by atoms with E-state index in [2.05, 4.69) is 9.98 Å². The van der Waals surface area contributed by atoms with Crippen LogP contribution in [0.1, 0.15) is 5.76 Å². The molecule has 3 heterocycles. The molecule has 9 heteroatoms. The van der Waals surface area contributed by atoms with Crippen LogP contribution in [0, 0.1) is 0 Å². The SMILES string of the molecule is CN1C(=O)/C(=C\c2ccc(-c3ccc(Cl)c(Cl)c3)o2)S/C1=N/c1nc(-c2ccccc2)cs1. The molecule has 1 saturated heterocycles. The number of amides is 1. The number of hydrogen-bond acceptors (Lipinski definition) is 6. The Balaban J connectivity index is 1.37. The second-order valence-corrected chi connectivity index (χ2v) is 9.74. The summed E-state index contributed by atoms with van der Waals surface area (Å²) in [4.78, 5) is 24.0. The van der Waals surface area contributed by atoms with Gasteiger partial charge in [0.25, 0.3) is 5.91 Å². The monoisotopic (exact) mass is 511 g/mol. The summed E-state index contributed by atoms with van der Waals surface area (Å²) in [6.45, 7) is 0. The van der Waals surface area contributed by atoms with Crippen molar-refractivity contribution < 1.29 is 9.21 Å². The minimum absolute atomic E-state index is 0.147. The largest absolute Gasteiger partial charge is 0.457 e. The zero-order valence-corrected chi connectivity index (χ0v) is 20.3. The first kappa shape index (κ1) is 22.0. The molecule has 0 atom stereocenters. The van der Waals surface area contributed by atoms with Crippen LogP contribution in [0.15, 0.2) is 80.4 Å². The first-order valence-corrected chi connectivity index (χ1v) is 12.3. The molecule has 0 saturated carbocycles. The predicted octanol–water partition coefficient (Wildman–Crippen LogP) is 7.61. The highest BCUT2D eigenvalue weighted by atomic mass is 35.5. The normalized spacial score (nSPS) is 16.3. The fraction of sp³-hybridized carbons (Fsp3) is 0.0417. The second-order valence-electron chi connectivity index (χ2n) is 7.08. The van der Waals surface area contributed by atoms with Gasteiger partial charge in [-0.3, -0.25) is 9.69 Å². The van der Waals surface area contributed by atoms with Gasteiger partial charge in [-0.05, 0) is 42.1 Å². The Labute approximate surface area is 208 Å². The van der Waals surface area contributed by atoms with E-state index in [-0.39, 0.29) is 5.91 Å². The van der Waals surface area contributed by atoms with Crippen molar-refractivity contribution in [2.75, 3.05) is 7.05 Å². The molecule has 2 aromatic heterocycles. The average Bonchev–Trinajstić information content (AvgIpc) is 3.54. The number of nitrogens with zero attached hydrogens (tertiary/aromatic N) is 3. The molecular formula is C24H15Cl2N3O2S2. The smallest absolute Gasteiger partial charge is 0.266 e. The van der Waals surface area contributed by atoms with E-state index >= 15 is 0 Å². The summed E-state index contributed by atoms with van der Waals surface area (Å²) in [6.07, 6.45) is 1.71. The second kappa shape index (κ2) is 9.19. The van der Waals surface area contributed by atoms with Gasteiger partial charge < -0.3 is 4.42 Å². The lowest BCUT2D eigenvalue weighted by Gasteiger charge is -2.05. The van der Waals surface area contributed by atoms with Crippen LogP contribution in [0.5, 0.6) is 0 Å². The quantitative estimate of drug-likeness (QED) is 0.264. The molecule has 33 heavy (non-hydrogen) atoms. The number of hydrogen-bond donors (Lipinski definition) is 0. The fourth-order valence-corrected chi connectivity index (χ4v) is 5.15. The van der Waals surface area contributed by atoms with Crippen LogP contribution < -0.4 is 0 Å². The Kier molecular flexibility index (Phi) is 6.12. The van der Waals surface area contributed by atoms with Crippen molar-refractivity contribution in [2.45, 2.75) is 0 Å². The molecule has 5 nitrogen and oxygen atoms in total. The third-order valence-corrected chi connectivity index (χ3v) is 7.39. The maximum atomic E-state index is 12.8. The number of carbonyl (C=O) groups excluding carboxylic acids is 1. The van der Waals surface area contributed by atoms with Gasteiger partial charge in [-0.25, -0.2) is 4.98 Å². The molecule has 4 aromatic rings. The zero-order chi connectivity index (χ0) is 22.9. The minimum atomic E-state index is -0.147. The highest BCUT2D eigenvalue weighted by molar-refractivity contribution is 8.18.